The number of fused-ring (bicyclic) bond motifs is 2. The maximum Gasteiger partial charge on any atom is 0.295 e. The molecule has 0 spiro atoms. The van der Waals surface area contributed by atoms with E-state index < -0.39 is 61.8 Å². The quantitative estimate of drug-likeness (QED) is 0.0685. The third-order valence-corrected chi connectivity index (χ3v) is 10.4. The summed E-state index contributed by atoms with van der Waals surface area (Å²) in [6, 6.07) is 9.22. The van der Waals surface area contributed by atoms with Crippen molar-refractivity contribution in [1.29, 1.82) is 0 Å². The number of nitrogens with one attached hydrogen (secondary N) is 2. The molecule has 0 atom stereocenters. The van der Waals surface area contributed by atoms with E-state index in [0.29, 0.717) is 39.2 Å². The van der Waals surface area contributed by atoms with Crippen LogP contribution >= 0.6 is 0 Å². The normalized spacial score (nSPS) is 13.5. The Labute approximate surface area is 265 Å². The minimum atomic E-state index is -5.06. The van der Waals surface area contributed by atoms with Crippen LogP contribution < -0.4 is 15.7 Å². The van der Waals surface area contributed by atoms with Gasteiger partial charge in [-0.1, -0.05) is 6.07 Å². The molecule has 4 rings (SSSR count). The molecule has 1 aliphatic heterocycles. The molecule has 1 heterocycles. The molecule has 2 aromatic carbocycles. The molecule has 19 heteroatoms. The number of rotatable bonds is 12. The highest BCUT2D eigenvalue weighted by Gasteiger charge is 2.27. The molecular weight excluding hydrogens is 689 g/mol. The van der Waals surface area contributed by atoms with Crippen LogP contribution in [0.5, 0.6) is 0 Å². The van der Waals surface area contributed by atoms with E-state index in [1.54, 1.807) is 38.1 Å². The SMILES string of the molecule is Cc1cc2c(-c3ccc(S(=O)(=O)O)cc3S(=O)(=O)O)c3cc(C)c(=[NH+]CCCS(=O)(=O)O)cc-3oc2cc1NCCCS(=O)(=O)O. The highest BCUT2D eigenvalue weighted by molar-refractivity contribution is 7.87. The highest BCUT2D eigenvalue weighted by atomic mass is 32.2. The van der Waals surface area contributed by atoms with Gasteiger partial charge in [0.05, 0.1) is 22.5 Å². The number of benzene rings is 3. The van der Waals surface area contributed by atoms with Crippen LogP contribution in [0.25, 0.3) is 33.4 Å². The van der Waals surface area contributed by atoms with Crippen LogP contribution in [0.3, 0.4) is 0 Å². The molecule has 0 saturated heterocycles. The lowest BCUT2D eigenvalue weighted by Gasteiger charge is -2.19. The van der Waals surface area contributed by atoms with Crippen LogP contribution in [-0.2, 0) is 40.5 Å². The Morgan fingerprint density at radius 3 is 2.00 bits per heavy atom. The van der Waals surface area contributed by atoms with Crippen LogP contribution in [0.1, 0.15) is 24.0 Å². The molecule has 0 saturated carbocycles. The van der Waals surface area contributed by atoms with E-state index in [9.17, 15) is 42.8 Å². The van der Waals surface area contributed by atoms with E-state index in [0.717, 1.165) is 12.1 Å². The Morgan fingerprint density at radius 2 is 1.39 bits per heavy atom. The van der Waals surface area contributed by atoms with Gasteiger partial charge in [0, 0.05) is 52.4 Å². The van der Waals surface area contributed by atoms with Crippen molar-refractivity contribution in [2.24, 2.45) is 0 Å². The Balaban J connectivity index is 2.01. The van der Waals surface area contributed by atoms with Crippen LogP contribution in [-0.4, -0.2) is 76.5 Å². The van der Waals surface area contributed by atoms with E-state index in [1.807, 2.05) is 0 Å². The first-order valence-corrected chi connectivity index (χ1v) is 19.6. The molecule has 0 fully saturated rings. The molecule has 0 aromatic heterocycles. The number of anilines is 1. The van der Waals surface area contributed by atoms with Gasteiger partial charge >= 0.3 is 0 Å². The molecule has 46 heavy (non-hydrogen) atoms. The van der Waals surface area contributed by atoms with Gasteiger partial charge in [-0.15, -0.1) is 0 Å². The van der Waals surface area contributed by atoms with Crippen LogP contribution in [0.4, 0.5) is 5.69 Å². The molecule has 0 unspecified atom stereocenters. The molecule has 0 radical (unpaired) electrons. The Hall–Kier alpha value is -3.43. The summed E-state index contributed by atoms with van der Waals surface area (Å²) in [5, 5.41) is 3.93. The molecular formula is C27H31N2O13S4+. The van der Waals surface area contributed by atoms with Crippen molar-refractivity contribution >= 4 is 57.1 Å². The van der Waals surface area contributed by atoms with Crippen molar-refractivity contribution in [1.82, 2.24) is 0 Å². The summed E-state index contributed by atoms with van der Waals surface area (Å²) in [5.41, 5.74) is 2.43. The molecule has 2 aromatic rings. The van der Waals surface area contributed by atoms with Gasteiger partial charge < -0.3 is 9.73 Å². The van der Waals surface area contributed by atoms with Crippen LogP contribution in [0.15, 0.2) is 56.7 Å². The minimum absolute atomic E-state index is 0.0835. The monoisotopic (exact) mass is 719 g/mol. The molecule has 2 aliphatic rings. The summed E-state index contributed by atoms with van der Waals surface area (Å²) in [6.07, 6.45) is 0.167. The number of hydrogen-bond donors (Lipinski definition) is 6. The van der Waals surface area contributed by atoms with Gasteiger partial charge in [-0.25, -0.2) is 4.99 Å². The zero-order valence-corrected chi connectivity index (χ0v) is 27.6. The molecule has 0 bridgehead atoms. The second-order valence-corrected chi connectivity index (χ2v) is 16.5. The molecule has 0 amide bonds. The fraction of sp³-hybridized carbons (Fsp3) is 0.296. The predicted molar refractivity (Wildman–Crippen MR) is 167 cm³/mol. The maximum atomic E-state index is 12.6. The fourth-order valence-electron chi connectivity index (χ4n) is 4.91. The smallest absolute Gasteiger partial charge is 0.295 e. The predicted octanol–water partition coefficient (Wildman–Crippen LogP) is 1.26. The van der Waals surface area contributed by atoms with Gasteiger partial charge in [-0.05, 0) is 50.1 Å². The average molecular weight is 720 g/mol. The zero-order chi connectivity index (χ0) is 34.2. The first-order chi connectivity index (χ1) is 21.1. The van der Waals surface area contributed by atoms with E-state index in [4.69, 9.17) is 13.5 Å². The third-order valence-electron chi connectivity index (χ3n) is 7.00. The largest absolute Gasteiger partial charge is 0.456 e. The van der Waals surface area contributed by atoms with Crippen molar-refractivity contribution in [3.63, 3.8) is 0 Å². The van der Waals surface area contributed by atoms with Crippen molar-refractivity contribution in [2.45, 2.75) is 36.5 Å². The summed E-state index contributed by atoms with van der Waals surface area (Å²) < 4.78 is 137. The second kappa shape index (κ2) is 13.0. The third kappa shape index (κ3) is 8.68. The van der Waals surface area contributed by atoms with Crippen LogP contribution in [0, 0.1) is 13.8 Å². The van der Waals surface area contributed by atoms with Crippen LogP contribution in [0.2, 0.25) is 0 Å². The fourth-order valence-corrected chi connectivity index (χ4v) is 7.23. The average Bonchev–Trinajstić information content (AvgIpc) is 2.90. The standard InChI is InChI=1S/C27H30N2O13S4/c1-16-11-20-24(14-22(16)28-7-3-9-43(30,31)32)42-25-15-23(29-8-4-10-44(33,34)35)17(2)12-21(25)27(20)19-6-5-18(45(36,37)38)13-26(19)46(39,40)41/h5-6,11-15,28H,3-4,7-10H2,1-2H3,(H,30,31,32)(H,33,34,35)(H,36,37,38)(H,39,40,41)/p+1. The van der Waals surface area contributed by atoms with Gasteiger partial charge in [-0.3, -0.25) is 18.2 Å². The summed E-state index contributed by atoms with van der Waals surface area (Å²) in [5.74, 6) is -0.738. The Kier molecular flexibility index (Phi) is 10.0. The summed E-state index contributed by atoms with van der Waals surface area (Å²) in [4.78, 5) is 1.50. The van der Waals surface area contributed by atoms with E-state index in [1.165, 1.54) is 0 Å². The van der Waals surface area contributed by atoms with Crippen molar-refractivity contribution in [3.8, 4) is 22.5 Å². The molecule has 1 aliphatic carbocycles. The lowest BCUT2D eigenvalue weighted by molar-refractivity contribution is -0.500. The lowest BCUT2D eigenvalue weighted by Crippen LogP contribution is -2.77. The molecule has 6 N–H and O–H groups in total. The van der Waals surface area contributed by atoms with E-state index in [2.05, 4.69) is 10.3 Å². The molecule has 15 nitrogen and oxygen atoms in total. The first kappa shape index (κ1) is 35.4. The maximum absolute atomic E-state index is 12.6. The minimum Gasteiger partial charge on any atom is -0.456 e. The Morgan fingerprint density at radius 1 is 0.739 bits per heavy atom. The lowest BCUT2D eigenvalue weighted by atomic mass is 9.91. The van der Waals surface area contributed by atoms with E-state index in [-0.39, 0.29) is 48.4 Å². The first-order valence-electron chi connectivity index (χ1n) is 13.5. The second-order valence-electron chi connectivity index (χ2n) is 10.5. The molecule has 250 valence electrons. The van der Waals surface area contributed by atoms with Gasteiger partial charge in [0.15, 0.2) is 0 Å². The number of aryl methyl sites for hydroxylation is 2. The highest BCUT2D eigenvalue weighted by Crippen LogP contribution is 2.44. The van der Waals surface area contributed by atoms with Gasteiger partial charge in [0.2, 0.25) is 5.36 Å². The van der Waals surface area contributed by atoms with Gasteiger partial charge in [-0.2, -0.15) is 33.7 Å². The number of hydrogen-bond acceptors (Lipinski definition) is 10. The van der Waals surface area contributed by atoms with Crippen molar-refractivity contribution in [3.05, 3.63) is 58.9 Å². The van der Waals surface area contributed by atoms with Gasteiger partial charge in [0.1, 0.15) is 22.8 Å². The topological polar surface area (TPSA) is 257 Å². The Bertz CT molecular complexity index is 2310. The van der Waals surface area contributed by atoms with Crippen molar-refractivity contribution in [2.75, 3.05) is 29.9 Å². The summed E-state index contributed by atoms with van der Waals surface area (Å²) in [6.45, 7) is 3.75. The van der Waals surface area contributed by atoms with E-state index >= 15 is 0 Å². The zero-order valence-electron chi connectivity index (χ0n) is 24.4. The summed E-state index contributed by atoms with van der Waals surface area (Å²) >= 11 is 0. The summed E-state index contributed by atoms with van der Waals surface area (Å²) in [7, 11) is -18.2. The van der Waals surface area contributed by atoms with Crippen molar-refractivity contribution < 1.29 is 61.3 Å². The van der Waals surface area contributed by atoms with Gasteiger partial charge in [0.25, 0.3) is 40.5 Å².